The molecule has 0 spiro atoms. The maximum atomic E-state index is 13.0. The van der Waals surface area contributed by atoms with Gasteiger partial charge in [0.15, 0.2) is 0 Å². The van der Waals surface area contributed by atoms with Gasteiger partial charge in [0.2, 0.25) is 5.91 Å². The van der Waals surface area contributed by atoms with E-state index in [1.54, 1.807) is 26.6 Å². The summed E-state index contributed by atoms with van der Waals surface area (Å²) in [6.07, 6.45) is 3.44. The highest BCUT2D eigenvalue weighted by molar-refractivity contribution is 5.97. The van der Waals surface area contributed by atoms with Gasteiger partial charge in [-0.25, -0.2) is 0 Å². The number of amides is 1. The molecule has 6 heteroatoms. The first-order chi connectivity index (χ1) is 15.0. The fraction of sp³-hybridized carbons (Fsp3) is 0.320. The number of fused-ring (bicyclic) bond motifs is 1. The van der Waals surface area contributed by atoms with Gasteiger partial charge in [-0.05, 0) is 43.2 Å². The molecular formula is C25H28N2O4. The van der Waals surface area contributed by atoms with Crippen LogP contribution in [-0.4, -0.2) is 51.2 Å². The quantitative estimate of drug-likeness (QED) is 0.569. The molecule has 162 valence electrons. The second-order valence-electron chi connectivity index (χ2n) is 7.78. The number of rotatable bonds is 5. The molecule has 0 atom stereocenters. The third-order valence-electron chi connectivity index (χ3n) is 5.87. The standard InChI is InChI=1S/C25H28N2O4/c1-17(19-14-20-18(2)16-31-24(20)15-23(19)30-4)13-25(28)27-11-9-26(10-12-27)21-7-5-6-8-22(21)29-3/h5-8,13-16H,9-12H2,1-4H3/b17-13+. The van der Waals surface area contributed by atoms with Crippen molar-refractivity contribution in [3.05, 3.63) is 59.9 Å². The topological polar surface area (TPSA) is 55.2 Å². The normalized spacial score (nSPS) is 14.8. The number of ether oxygens (including phenoxy) is 2. The number of benzene rings is 2. The number of allylic oxidation sites excluding steroid dienone is 1. The number of piperazine rings is 1. The highest BCUT2D eigenvalue weighted by atomic mass is 16.5. The Bertz CT molecular complexity index is 1120. The third-order valence-corrected chi connectivity index (χ3v) is 5.87. The van der Waals surface area contributed by atoms with Crippen LogP contribution < -0.4 is 14.4 Å². The smallest absolute Gasteiger partial charge is 0.246 e. The highest BCUT2D eigenvalue weighted by Crippen LogP contribution is 2.33. The van der Waals surface area contributed by atoms with Gasteiger partial charge in [0, 0.05) is 49.3 Å². The molecule has 0 unspecified atom stereocenters. The van der Waals surface area contributed by atoms with Gasteiger partial charge in [0.05, 0.1) is 26.2 Å². The van der Waals surface area contributed by atoms with Crippen molar-refractivity contribution in [2.75, 3.05) is 45.3 Å². The van der Waals surface area contributed by atoms with Crippen LogP contribution in [0.15, 0.2) is 53.2 Å². The van der Waals surface area contributed by atoms with E-state index in [0.29, 0.717) is 18.8 Å². The van der Waals surface area contributed by atoms with E-state index in [1.807, 2.05) is 49.1 Å². The predicted octanol–water partition coefficient (Wildman–Crippen LogP) is 4.51. The van der Waals surface area contributed by atoms with Crippen LogP contribution in [0.4, 0.5) is 5.69 Å². The van der Waals surface area contributed by atoms with Crippen LogP contribution in [0.5, 0.6) is 11.5 Å². The van der Waals surface area contributed by atoms with Gasteiger partial charge in [0.25, 0.3) is 0 Å². The van der Waals surface area contributed by atoms with Gasteiger partial charge in [0.1, 0.15) is 17.1 Å². The first-order valence-corrected chi connectivity index (χ1v) is 10.4. The number of hydrogen-bond donors (Lipinski definition) is 0. The van der Waals surface area contributed by atoms with E-state index >= 15 is 0 Å². The Morgan fingerprint density at radius 3 is 2.45 bits per heavy atom. The van der Waals surface area contributed by atoms with Crippen LogP contribution in [0, 0.1) is 6.92 Å². The van der Waals surface area contributed by atoms with Crippen LogP contribution in [0.1, 0.15) is 18.1 Å². The van der Waals surface area contributed by atoms with Crippen molar-refractivity contribution in [2.24, 2.45) is 0 Å². The number of hydrogen-bond acceptors (Lipinski definition) is 5. The molecule has 2 heterocycles. The molecule has 2 aromatic carbocycles. The molecule has 31 heavy (non-hydrogen) atoms. The average Bonchev–Trinajstić information content (AvgIpc) is 3.17. The van der Waals surface area contributed by atoms with E-state index in [4.69, 9.17) is 13.9 Å². The highest BCUT2D eigenvalue weighted by Gasteiger charge is 2.22. The van der Waals surface area contributed by atoms with Crippen molar-refractivity contribution in [2.45, 2.75) is 13.8 Å². The van der Waals surface area contributed by atoms with E-state index in [0.717, 1.165) is 52.2 Å². The number of carbonyl (C=O) groups excluding carboxylic acids is 1. The van der Waals surface area contributed by atoms with E-state index in [2.05, 4.69) is 11.0 Å². The minimum atomic E-state index is 0.0169. The SMILES string of the molecule is COc1cc2occ(C)c2cc1/C(C)=C/C(=O)N1CCN(c2ccccc2OC)CC1. The molecule has 4 rings (SSSR count). The fourth-order valence-corrected chi connectivity index (χ4v) is 4.07. The molecule has 1 aliphatic heterocycles. The van der Waals surface area contributed by atoms with E-state index in [-0.39, 0.29) is 5.91 Å². The number of carbonyl (C=O) groups is 1. The molecule has 0 saturated carbocycles. The van der Waals surface area contributed by atoms with Crippen LogP contribution in [0.25, 0.3) is 16.5 Å². The Morgan fingerprint density at radius 2 is 1.74 bits per heavy atom. The Kier molecular flexibility index (Phi) is 5.89. The largest absolute Gasteiger partial charge is 0.496 e. The summed E-state index contributed by atoms with van der Waals surface area (Å²) >= 11 is 0. The number of para-hydroxylation sites is 2. The first kappa shape index (κ1) is 20.8. The lowest BCUT2D eigenvalue weighted by molar-refractivity contribution is -0.126. The van der Waals surface area contributed by atoms with Crippen molar-refractivity contribution in [1.82, 2.24) is 4.90 Å². The van der Waals surface area contributed by atoms with Crippen molar-refractivity contribution in [1.29, 1.82) is 0 Å². The number of nitrogens with zero attached hydrogens (tertiary/aromatic N) is 2. The Balaban J connectivity index is 1.49. The summed E-state index contributed by atoms with van der Waals surface area (Å²) in [6, 6.07) is 11.9. The molecule has 0 aliphatic carbocycles. The first-order valence-electron chi connectivity index (χ1n) is 10.4. The lowest BCUT2D eigenvalue weighted by atomic mass is 10.0. The Morgan fingerprint density at radius 1 is 1.03 bits per heavy atom. The van der Waals surface area contributed by atoms with Crippen LogP contribution in [0.3, 0.4) is 0 Å². The minimum absolute atomic E-state index is 0.0169. The minimum Gasteiger partial charge on any atom is -0.496 e. The van der Waals surface area contributed by atoms with E-state index < -0.39 is 0 Å². The van der Waals surface area contributed by atoms with Crippen LogP contribution >= 0.6 is 0 Å². The molecule has 6 nitrogen and oxygen atoms in total. The Labute approximate surface area is 182 Å². The predicted molar refractivity (Wildman–Crippen MR) is 123 cm³/mol. The number of anilines is 1. The van der Waals surface area contributed by atoms with E-state index in [1.165, 1.54) is 0 Å². The van der Waals surface area contributed by atoms with Crippen molar-refractivity contribution >= 4 is 28.1 Å². The zero-order valence-corrected chi connectivity index (χ0v) is 18.5. The zero-order valence-electron chi connectivity index (χ0n) is 18.5. The lowest BCUT2D eigenvalue weighted by Gasteiger charge is -2.36. The average molecular weight is 421 g/mol. The van der Waals surface area contributed by atoms with Crippen LogP contribution in [-0.2, 0) is 4.79 Å². The van der Waals surface area contributed by atoms with Gasteiger partial charge in [-0.2, -0.15) is 0 Å². The van der Waals surface area contributed by atoms with Crippen molar-refractivity contribution in [3.63, 3.8) is 0 Å². The number of aryl methyl sites for hydroxylation is 1. The van der Waals surface area contributed by atoms with Gasteiger partial charge in [-0.1, -0.05) is 12.1 Å². The number of furan rings is 1. The maximum Gasteiger partial charge on any atom is 0.246 e. The molecule has 0 radical (unpaired) electrons. The molecule has 3 aromatic rings. The summed E-state index contributed by atoms with van der Waals surface area (Å²) in [7, 11) is 3.31. The molecular weight excluding hydrogens is 392 g/mol. The molecule has 1 aromatic heterocycles. The van der Waals surface area contributed by atoms with Crippen molar-refractivity contribution in [3.8, 4) is 11.5 Å². The van der Waals surface area contributed by atoms with Gasteiger partial charge < -0.3 is 23.7 Å². The number of methoxy groups -OCH3 is 2. The van der Waals surface area contributed by atoms with Gasteiger partial charge in [-0.15, -0.1) is 0 Å². The third kappa shape index (κ3) is 4.10. The molecule has 0 bridgehead atoms. The summed E-state index contributed by atoms with van der Waals surface area (Å²) in [6.45, 7) is 6.82. The second kappa shape index (κ2) is 8.76. The summed E-state index contributed by atoms with van der Waals surface area (Å²) in [5.41, 5.74) is 4.68. The molecule has 0 N–H and O–H groups in total. The zero-order chi connectivity index (χ0) is 22.0. The molecule has 1 fully saturated rings. The van der Waals surface area contributed by atoms with Gasteiger partial charge >= 0.3 is 0 Å². The maximum absolute atomic E-state index is 13.0. The monoisotopic (exact) mass is 420 g/mol. The van der Waals surface area contributed by atoms with Gasteiger partial charge in [-0.3, -0.25) is 4.79 Å². The lowest BCUT2D eigenvalue weighted by Crippen LogP contribution is -2.48. The molecule has 1 aliphatic rings. The second-order valence-corrected chi connectivity index (χ2v) is 7.78. The summed E-state index contributed by atoms with van der Waals surface area (Å²) in [5.74, 6) is 1.57. The van der Waals surface area contributed by atoms with E-state index in [9.17, 15) is 4.79 Å². The summed E-state index contributed by atoms with van der Waals surface area (Å²) in [4.78, 5) is 17.1. The van der Waals surface area contributed by atoms with Crippen molar-refractivity contribution < 1.29 is 18.7 Å². The summed E-state index contributed by atoms with van der Waals surface area (Å²) < 4.78 is 16.6. The Hall–Kier alpha value is -3.41. The fourth-order valence-electron chi connectivity index (χ4n) is 4.07. The molecule has 1 saturated heterocycles. The summed E-state index contributed by atoms with van der Waals surface area (Å²) in [5, 5.41) is 1.03. The van der Waals surface area contributed by atoms with Crippen LogP contribution in [0.2, 0.25) is 0 Å². The molecule has 1 amide bonds.